The number of halogens is 4. The van der Waals surface area contributed by atoms with Crippen LogP contribution in [-0.4, -0.2) is 67.3 Å². The quantitative estimate of drug-likeness (QED) is 0.216. The number of hydrogen-bond donors (Lipinski definition) is 2. The first-order valence-corrected chi connectivity index (χ1v) is 9.11. The van der Waals surface area contributed by atoms with Crippen LogP contribution < -0.4 is 10.6 Å². The molecule has 0 amide bonds. The van der Waals surface area contributed by atoms with Crippen LogP contribution >= 0.6 is 24.0 Å². The fourth-order valence-corrected chi connectivity index (χ4v) is 2.24. The van der Waals surface area contributed by atoms with E-state index in [9.17, 15) is 13.2 Å². The smallest absolute Gasteiger partial charge is 0.379 e. The predicted molar refractivity (Wildman–Crippen MR) is 113 cm³/mol. The summed E-state index contributed by atoms with van der Waals surface area (Å²) in [4.78, 5) is 13.7. The van der Waals surface area contributed by atoms with Crippen LogP contribution in [0.15, 0.2) is 17.3 Å². The minimum absolute atomic E-state index is 0. The number of aliphatic imine (C=N–C) groups is 1. The Bertz CT molecular complexity index is 613. The van der Waals surface area contributed by atoms with Crippen LogP contribution in [0.4, 0.5) is 19.1 Å². The molecule has 1 heterocycles. The first kappa shape index (κ1) is 24.7. The van der Waals surface area contributed by atoms with Crippen LogP contribution in [0.2, 0.25) is 0 Å². The second-order valence-electron chi connectivity index (χ2n) is 6.37. The Kier molecular flexibility index (Phi) is 10.8. The van der Waals surface area contributed by atoms with Crippen LogP contribution in [0.1, 0.15) is 25.5 Å². The summed E-state index contributed by atoms with van der Waals surface area (Å²) in [5.41, 5.74) is -0.970. The number of nitrogens with zero attached hydrogens (tertiary/aromatic N) is 4. The Balaban J connectivity index is 0.00000392. The Hall–Kier alpha value is -1.37. The van der Waals surface area contributed by atoms with Gasteiger partial charge in [0.2, 0.25) is 5.95 Å². The van der Waals surface area contributed by atoms with Gasteiger partial charge in [0, 0.05) is 39.5 Å². The zero-order valence-electron chi connectivity index (χ0n) is 16.1. The highest BCUT2D eigenvalue weighted by atomic mass is 127. The first-order valence-electron chi connectivity index (χ1n) is 9.11. The molecule has 1 aliphatic rings. The molecule has 1 aromatic rings. The first-order chi connectivity index (χ1) is 12.9. The molecule has 11 heteroatoms. The van der Waals surface area contributed by atoms with Crippen molar-refractivity contribution in [3.05, 3.63) is 18.0 Å². The molecule has 0 aromatic carbocycles. The molecule has 1 aliphatic carbocycles. The Morgan fingerprint density at radius 3 is 2.79 bits per heavy atom. The Labute approximate surface area is 180 Å². The van der Waals surface area contributed by atoms with E-state index in [2.05, 4.69) is 25.6 Å². The van der Waals surface area contributed by atoms with E-state index in [1.165, 1.54) is 12.8 Å². The molecule has 1 fully saturated rings. The molecule has 2 N–H and O–H groups in total. The lowest BCUT2D eigenvalue weighted by Crippen LogP contribution is -2.41. The zero-order valence-corrected chi connectivity index (χ0v) is 18.5. The maximum Gasteiger partial charge on any atom is 0.433 e. The second-order valence-corrected chi connectivity index (χ2v) is 6.37. The summed E-state index contributed by atoms with van der Waals surface area (Å²) in [7, 11) is 1.92. The normalized spacial score (nSPS) is 14.4. The van der Waals surface area contributed by atoms with Gasteiger partial charge in [-0.25, -0.2) is 9.97 Å². The number of aromatic nitrogens is 2. The molecule has 7 nitrogen and oxygen atoms in total. The van der Waals surface area contributed by atoms with Gasteiger partial charge >= 0.3 is 6.18 Å². The highest BCUT2D eigenvalue weighted by Gasteiger charge is 2.32. The molecule has 28 heavy (non-hydrogen) atoms. The lowest BCUT2D eigenvalue weighted by molar-refractivity contribution is -0.141. The van der Waals surface area contributed by atoms with Crippen molar-refractivity contribution >= 4 is 35.9 Å². The SMILES string of the molecule is CCNC(=NCCNc1nccc(C(F)(F)F)n1)N(C)CCOCC1CC1.I. The summed E-state index contributed by atoms with van der Waals surface area (Å²) in [5, 5.41) is 5.95. The van der Waals surface area contributed by atoms with Gasteiger partial charge in [0.05, 0.1) is 13.2 Å². The van der Waals surface area contributed by atoms with Gasteiger partial charge < -0.3 is 20.3 Å². The second kappa shape index (κ2) is 12.2. The van der Waals surface area contributed by atoms with Crippen molar-refractivity contribution in [2.24, 2.45) is 10.9 Å². The van der Waals surface area contributed by atoms with E-state index in [-0.39, 0.29) is 29.9 Å². The van der Waals surface area contributed by atoms with Gasteiger partial charge in [0.1, 0.15) is 5.69 Å². The van der Waals surface area contributed by atoms with E-state index in [0.29, 0.717) is 26.2 Å². The van der Waals surface area contributed by atoms with Gasteiger partial charge in [-0.2, -0.15) is 13.2 Å². The molecule has 1 saturated carbocycles. The predicted octanol–water partition coefficient (Wildman–Crippen LogP) is 2.85. The topological polar surface area (TPSA) is 74.7 Å². The molecule has 0 bridgehead atoms. The molecule has 0 aliphatic heterocycles. The highest BCUT2D eigenvalue weighted by molar-refractivity contribution is 14.0. The zero-order chi connectivity index (χ0) is 19.7. The monoisotopic (exact) mass is 516 g/mol. The average molecular weight is 516 g/mol. The number of ether oxygens (including phenoxy) is 1. The van der Waals surface area contributed by atoms with Crippen molar-refractivity contribution in [1.29, 1.82) is 0 Å². The minimum atomic E-state index is -4.49. The standard InChI is InChI=1S/C17H27F3N6O.HI/c1-3-21-16(26(2)10-11-27-12-13-4-5-13)24-9-8-23-15-22-7-6-14(25-15)17(18,19)20;/h6-7,13H,3-5,8-12H2,1-2H3,(H,21,24)(H,22,23,25);1H. The van der Waals surface area contributed by atoms with Crippen LogP contribution in [-0.2, 0) is 10.9 Å². The van der Waals surface area contributed by atoms with Crippen molar-refractivity contribution in [3.63, 3.8) is 0 Å². The number of hydrogen-bond acceptors (Lipinski definition) is 5. The Morgan fingerprint density at radius 1 is 1.39 bits per heavy atom. The van der Waals surface area contributed by atoms with Crippen molar-refractivity contribution in [1.82, 2.24) is 20.2 Å². The van der Waals surface area contributed by atoms with Gasteiger partial charge in [0.25, 0.3) is 0 Å². The maximum atomic E-state index is 12.6. The molecule has 1 aromatic heterocycles. The van der Waals surface area contributed by atoms with Gasteiger partial charge in [-0.3, -0.25) is 4.99 Å². The maximum absolute atomic E-state index is 12.6. The van der Waals surface area contributed by atoms with E-state index < -0.39 is 11.9 Å². The van der Waals surface area contributed by atoms with Crippen LogP contribution in [0.25, 0.3) is 0 Å². The summed E-state index contributed by atoms with van der Waals surface area (Å²) in [6, 6.07) is 0.840. The van der Waals surface area contributed by atoms with Crippen LogP contribution in [0.5, 0.6) is 0 Å². The van der Waals surface area contributed by atoms with Crippen LogP contribution in [0.3, 0.4) is 0 Å². The highest BCUT2D eigenvalue weighted by Crippen LogP contribution is 2.28. The van der Waals surface area contributed by atoms with Crippen LogP contribution in [0, 0.1) is 5.92 Å². The third kappa shape index (κ3) is 9.22. The Morgan fingerprint density at radius 2 is 2.14 bits per heavy atom. The van der Waals surface area contributed by atoms with E-state index in [4.69, 9.17) is 4.74 Å². The molecular weight excluding hydrogens is 488 g/mol. The summed E-state index contributed by atoms with van der Waals surface area (Å²) in [6.07, 6.45) is -0.869. The number of anilines is 1. The molecule has 160 valence electrons. The van der Waals surface area contributed by atoms with E-state index in [0.717, 1.165) is 37.3 Å². The lowest BCUT2D eigenvalue weighted by Gasteiger charge is -2.22. The van der Waals surface area contributed by atoms with Crippen molar-refractivity contribution < 1.29 is 17.9 Å². The molecule has 0 unspecified atom stereocenters. The third-order valence-corrected chi connectivity index (χ3v) is 3.92. The molecule has 0 spiro atoms. The molecule has 0 atom stereocenters. The number of nitrogens with one attached hydrogen (secondary N) is 2. The molecule has 0 saturated heterocycles. The average Bonchev–Trinajstić information content (AvgIpc) is 3.45. The number of likely N-dealkylation sites (N-methyl/N-ethyl adjacent to an activating group) is 1. The van der Waals surface area contributed by atoms with Gasteiger partial charge in [-0.1, -0.05) is 0 Å². The van der Waals surface area contributed by atoms with Gasteiger partial charge in [0.15, 0.2) is 5.96 Å². The molecule has 0 radical (unpaired) electrons. The lowest BCUT2D eigenvalue weighted by atomic mass is 10.4. The fraction of sp³-hybridized carbons (Fsp3) is 0.706. The van der Waals surface area contributed by atoms with Gasteiger partial charge in [-0.15, -0.1) is 24.0 Å². The van der Waals surface area contributed by atoms with Crippen molar-refractivity contribution in [2.75, 3.05) is 51.8 Å². The van der Waals surface area contributed by atoms with Gasteiger partial charge in [-0.05, 0) is 31.7 Å². The van der Waals surface area contributed by atoms with E-state index in [1.807, 2.05) is 18.9 Å². The number of alkyl halides is 3. The fourth-order valence-electron chi connectivity index (χ4n) is 2.24. The van der Waals surface area contributed by atoms with Crippen molar-refractivity contribution in [2.45, 2.75) is 25.9 Å². The number of guanidine groups is 1. The summed E-state index contributed by atoms with van der Waals surface area (Å²) in [5.74, 6) is 1.40. The summed E-state index contributed by atoms with van der Waals surface area (Å²) in [6.45, 7) is 5.55. The van der Waals surface area contributed by atoms with E-state index >= 15 is 0 Å². The molecular formula is C17H28F3IN6O. The number of rotatable bonds is 10. The minimum Gasteiger partial charge on any atom is -0.379 e. The summed E-state index contributed by atoms with van der Waals surface area (Å²) >= 11 is 0. The van der Waals surface area contributed by atoms with E-state index in [1.54, 1.807) is 0 Å². The molecule has 2 rings (SSSR count). The third-order valence-electron chi connectivity index (χ3n) is 3.92. The summed E-state index contributed by atoms with van der Waals surface area (Å²) < 4.78 is 43.6. The van der Waals surface area contributed by atoms with Crippen molar-refractivity contribution in [3.8, 4) is 0 Å². The largest absolute Gasteiger partial charge is 0.433 e.